The highest BCUT2D eigenvalue weighted by Crippen LogP contribution is 2.23. The van der Waals surface area contributed by atoms with Crippen molar-refractivity contribution >= 4 is 28.4 Å². The Labute approximate surface area is 154 Å². The number of methoxy groups -OCH3 is 1. The molecule has 1 atom stereocenters. The molecule has 0 radical (unpaired) electrons. The van der Waals surface area contributed by atoms with E-state index in [1.165, 1.54) is 23.5 Å². The van der Waals surface area contributed by atoms with E-state index in [9.17, 15) is 13.2 Å². The smallest absolute Gasteiger partial charge is 0.339 e. The minimum absolute atomic E-state index is 0. The number of benzene rings is 1. The van der Waals surface area contributed by atoms with Gasteiger partial charge in [0.15, 0.2) is 0 Å². The Balaban J connectivity index is 0.00000225. The van der Waals surface area contributed by atoms with Gasteiger partial charge in [-0.2, -0.15) is 4.31 Å². The molecule has 1 unspecified atom stereocenters. The van der Waals surface area contributed by atoms with Crippen LogP contribution in [0.15, 0.2) is 29.2 Å². The largest absolute Gasteiger partial charge is 0.465 e. The Bertz CT molecular complexity index is 699. The van der Waals surface area contributed by atoms with E-state index in [0.29, 0.717) is 32.2 Å². The molecular formula is C16H24ClN3O4S. The van der Waals surface area contributed by atoms with Gasteiger partial charge in [0, 0.05) is 38.8 Å². The van der Waals surface area contributed by atoms with E-state index in [-0.39, 0.29) is 22.9 Å². The molecule has 1 N–H and O–H groups in total. The molecule has 0 saturated carbocycles. The van der Waals surface area contributed by atoms with Crippen molar-refractivity contribution in [1.82, 2.24) is 14.5 Å². The SMILES string of the molecule is COC(=O)c1ccccc1S(=O)(=O)N1CCN(C2CCNC2)CC1.Cl. The van der Waals surface area contributed by atoms with Crippen LogP contribution in [0.25, 0.3) is 0 Å². The Hall–Kier alpha value is -1.19. The van der Waals surface area contributed by atoms with Crippen LogP contribution in [0.2, 0.25) is 0 Å². The van der Waals surface area contributed by atoms with Crippen molar-refractivity contribution in [2.24, 2.45) is 0 Å². The maximum Gasteiger partial charge on any atom is 0.339 e. The second kappa shape index (κ2) is 8.46. The van der Waals surface area contributed by atoms with Gasteiger partial charge in [0.1, 0.15) is 0 Å². The van der Waals surface area contributed by atoms with E-state index < -0.39 is 16.0 Å². The lowest BCUT2D eigenvalue weighted by Crippen LogP contribution is -2.52. The Kier molecular flexibility index (Phi) is 6.81. The summed E-state index contributed by atoms with van der Waals surface area (Å²) >= 11 is 0. The summed E-state index contributed by atoms with van der Waals surface area (Å²) < 4.78 is 32.1. The minimum Gasteiger partial charge on any atom is -0.465 e. The third-order valence-electron chi connectivity index (χ3n) is 4.73. The van der Waals surface area contributed by atoms with Gasteiger partial charge in [0.2, 0.25) is 10.0 Å². The monoisotopic (exact) mass is 389 g/mol. The average molecular weight is 390 g/mol. The number of carbonyl (C=O) groups is 1. The number of hydrogen-bond acceptors (Lipinski definition) is 6. The number of carbonyl (C=O) groups excluding carboxylic acids is 1. The molecule has 7 nitrogen and oxygen atoms in total. The molecule has 9 heteroatoms. The van der Waals surface area contributed by atoms with E-state index in [1.807, 2.05) is 0 Å². The fourth-order valence-corrected chi connectivity index (χ4v) is 4.97. The lowest BCUT2D eigenvalue weighted by atomic mass is 10.2. The van der Waals surface area contributed by atoms with E-state index >= 15 is 0 Å². The third-order valence-corrected chi connectivity index (χ3v) is 6.69. The van der Waals surface area contributed by atoms with Gasteiger partial charge >= 0.3 is 5.97 Å². The molecule has 0 aromatic heterocycles. The standard InChI is InChI=1S/C16H23N3O4S.ClH/c1-23-16(20)14-4-2-3-5-15(14)24(21,22)19-10-8-18(9-11-19)13-6-7-17-12-13;/h2-5,13,17H,6-12H2,1H3;1H. The summed E-state index contributed by atoms with van der Waals surface area (Å²) in [6, 6.07) is 6.71. The first-order chi connectivity index (χ1) is 11.5. The van der Waals surface area contributed by atoms with Crippen LogP contribution >= 0.6 is 12.4 Å². The molecule has 2 aliphatic rings. The van der Waals surface area contributed by atoms with Crippen LogP contribution in [0.1, 0.15) is 16.8 Å². The lowest BCUT2D eigenvalue weighted by molar-refractivity contribution is 0.0596. The van der Waals surface area contributed by atoms with Crippen LogP contribution in [-0.2, 0) is 14.8 Å². The topological polar surface area (TPSA) is 79.0 Å². The molecule has 25 heavy (non-hydrogen) atoms. The number of nitrogens with one attached hydrogen (secondary N) is 1. The highest BCUT2D eigenvalue weighted by Gasteiger charge is 2.33. The normalized spacial score (nSPS) is 22.4. The summed E-state index contributed by atoms with van der Waals surface area (Å²) in [5.41, 5.74) is 0.0856. The third kappa shape index (κ3) is 4.15. The van der Waals surface area contributed by atoms with Crippen molar-refractivity contribution in [3.8, 4) is 0 Å². The molecule has 0 bridgehead atoms. The molecule has 0 spiro atoms. The van der Waals surface area contributed by atoms with Crippen molar-refractivity contribution in [2.45, 2.75) is 17.4 Å². The van der Waals surface area contributed by atoms with Crippen molar-refractivity contribution in [1.29, 1.82) is 0 Å². The Morgan fingerprint density at radius 1 is 1.20 bits per heavy atom. The zero-order valence-electron chi connectivity index (χ0n) is 14.2. The fourth-order valence-electron chi connectivity index (χ4n) is 3.37. The molecule has 3 rings (SSSR count). The number of sulfonamides is 1. The molecule has 2 aliphatic heterocycles. The second-order valence-electron chi connectivity index (χ2n) is 6.07. The quantitative estimate of drug-likeness (QED) is 0.758. The van der Waals surface area contributed by atoms with Gasteiger partial charge in [-0.05, 0) is 25.1 Å². The molecule has 1 aromatic carbocycles. The number of nitrogens with zero attached hydrogens (tertiary/aromatic N) is 2. The van der Waals surface area contributed by atoms with Gasteiger partial charge in [-0.25, -0.2) is 13.2 Å². The maximum atomic E-state index is 12.9. The fraction of sp³-hybridized carbons (Fsp3) is 0.562. The highest BCUT2D eigenvalue weighted by molar-refractivity contribution is 7.89. The highest BCUT2D eigenvalue weighted by atomic mass is 35.5. The Morgan fingerprint density at radius 2 is 1.88 bits per heavy atom. The first kappa shape index (κ1) is 20.1. The number of rotatable bonds is 4. The van der Waals surface area contributed by atoms with Crippen molar-refractivity contribution < 1.29 is 17.9 Å². The summed E-state index contributed by atoms with van der Waals surface area (Å²) in [7, 11) is -2.45. The lowest BCUT2D eigenvalue weighted by Gasteiger charge is -2.37. The van der Waals surface area contributed by atoms with E-state index in [1.54, 1.807) is 12.1 Å². The van der Waals surface area contributed by atoms with Crippen LogP contribution in [0, 0.1) is 0 Å². The molecular weight excluding hydrogens is 366 g/mol. The van der Waals surface area contributed by atoms with E-state index in [0.717, 1.165) is 19.5 Å². The number of hydrogen-bond donors (Lipinski definition) is 1. The predicted molar refractivity (Wildman–Crippen MR) is 96.6 cm³/mol. The molecule has 2 saturated heterocycles. The zero-order valence-corrected chi connectivity index (χ0v) is 15.8. The molecule has 2 heterocycles. The first-order valence-electron chi connectivity index (χ1n) is 8.16. The summed E-state index contributed by atoms with van der Waals surface area (Å²) in [5.74, 6) is -0.634. The van der Waals surface area contributed by atoms with Crippen molar-refractivity contribution in [3.63, 3.8) is 0 Å². The van der Waals surface area contributed by atoms with Gasteiger partial charge in [0.25, 0.3) is 0 Å². The maximum absolute atomic E-state index is 12.9. The molecule has 1 aromatic rings. The number of esters is 1. The zero-order chi connectivity index (χ0) is 17.2. The predicted octanol–water partition coefficient (Wildman–Crippen LogP) is 0.563. The van der Waals surface area contributed by atoms with Crippen LogP contribution in [0.4, 0.5) is 0 Å². The van der Waals surface area contributed by atoms with Crippen LogP contribution in [-0.4, -0.2) is 76.0 Å². The molecule has 0 aliphatic carbocycles. The summed E-state index contributed by atoms with van der Waals surface area (Å²) in [4.78, 5) is 14.2. The average Bonchev–Trinajstić information content (AvgIpc) is 3.16. The van der Waals surface area contributed by atoms with Gasteiger partial charge in [-0.3, -0.25) is 4.90 Å². The number of piperazine rings is 1. The number of halogens is 1. The van der Waals surface area contributed by atoms with Crippen molar-refractivity contribution in [2.75, 3.05) is 46.4 Å². The summed E-state index contributed by atoms with van der Waals surface area (Å²) in [6.45, 7) is 4.30. The van der Waals surface area contributed by atoms with Gasteiger partial charge in [0.05, 0.1) is 17.6 Å². The van der Waals surface area contributed by atoms with Gasteiger partial charge in [-0.15, -0.1) is 12.4 Å². The molecule has 140 valence electrons. The van der Waals surface area contributed by atoms with E-state index in [4.69, 9.17) is 4.74 Å². The van der Waals surface area contributed by atoms with Crippen molar-refractivity contribution in [3.05, 3.63) is 29.8 Å². The molecule has 0 amide bonds. The Morgan fingerprint density at radius 3 is 2.48 bits per heavy atom. The van der Waals surface area contributed by atoms with Gasteiger partial charge in [-0.1, -0.05) is 12.1 Å². The summed E-state index contributed by atoms with van der Waals surface area (Å²) in [5, 5.41) is 3.34. The van der Waals surface area contributed by atoms with Crippen LogP contribution in [0.5, 0.6) is 0 Å². The second-order valence-corrected chi connectivity index (χ2v) is 7.98. The van der Waals surface area contributed by atoms with Gasteiger partial charge < -0.3 is 10.1 Å². The molecule has 2 fully saturated rings. The number of ether oxygens (including phenoxy) is 1. The van der Waals surface area contributed by atoms with E-state index in [2.05, 4.69) is 10.2 Å². The minimum atomic E-state index is -3.70. The van der Waals surface area contributed by atoms with Crippen LogP contribution in [0.3, 0.4) is 0 Å². The summed E-state index contributed by atoms with van der Waals surface area (Å²) in [6.07, 6.45) is 1.11. The van der Waals surface area contributed by atoms with Crippen LogP contribution < -0.4 is 5.32 Å². The first-order valence-corrected chi connectivity index (χ1v) is 9.60.